The lowest BCUT2D eigenvalue weighted by Gasteiger charge is -2.36. The molecule has 1 N–H and O–H groups in total. The maximum atomic E-state index is 12.7. The van der Waals surface area contributed by atoms with Crippen LogP contribution in [0.3, 0.4) is 0 Å². The molecule has 0 aliphatic carbocycles. The molecule has 4 rings (SSSR count). The van der Waals surface area contributed by atoms with Crippen molar-refractivity contribution in [2.24, 2.45) is 0 Å². The lowest BCUT2D eigenvalue weighted by molar-refractivity contribution is -0.111. The highest BCUT2D eigenvalue weighted by Crippen LogP contribution is 2.20. The lowest BCUT2D eigenvalue weighted by Crippen LogP contribution is -2.48. The first kappa shape index (κ1) is 22.6. The zero-order valence-electron chi connectivity index (χ0n) is 18.5. The van der Waals surface area contributed by atoms with Crippen LogP contribution in [0, 0.1) is 6.92 Å². The summed E-state index contributed by atoms with van der Waals surface area (Å²) in [5.74, 6) is -0.111. The quantitative estimate of drug-likeness (QED) is 0.529. The van der Waals surface area contributed by atoms with Gasteiger partial charge in [-0.2, -0.15) is 0 Å². The maximum absolute atomic E-state index is 12.7. The summed E-state index contributed by atoms with van der Waals surface area (Å²) in [6.07, 6.45) is 3.25. The largest absolute Gasteiger partial charge is 0.368 e. The van der Waals surface area contributed by atoms with Crippen molar-refractivity contribution in [1.82, 2.24) is 4.90 Å². The van der Waals surface area contributed by atoms with Gasteiger partial charge in [-0.05, 0) is 67.1 Å². The van der Waals surface area contributed by atoms with Gasteiger partial charge in [0.05, 0.1) is 0 Å². The molecule has 5 nitrogen and oxygen atoms in total. The van der Waals surface area contributed by atoms with Crippen LogP contribution in [0.5, 0.6) is 0 Å². The first-order valence-corrected chi connectivity index (χ1v) is 11.3. The van der Waals surface area contributed by atoms with Crippen LogP contribution >= 0.6 is 11.6 Å². The number of carbonyl (C=O) groups is 2. The highest BCUT2D eigenvalue weighted by Gasteiger charge is 2.22. The molecule has 1 saturated heterocycles. The van der Waals surface area contributed by atoms with E-state index in [1.54, 1.807) is 18.2 Å². The van der Waals surface area contributed by atoms with Gasteiger partial charge in [0, 0.05) is 54.2 Å². The van der Waals surface area contributed by atoms with Gasteiger partial charge >= 0.3 is 0 Å². The van der Waals surface area contributed by atoms with Crippen LogP contribution in [0.15, 0.2) is 78.9 Å². The van der Waals surface area contributed by atoms with Gasteiger partial charge in [-0.3, -0.25) is 9.59 Å². The number of halogens is 1. The Hall–Kier alpha value is -3.57. The number of nitrogens with zero attached hydrogens (tertiary/aromatic N) is 2. The Labute approximate surface area is 199 Å². The van der Waals surface area contributed by atoms with Crippen molar-refractivity contribution in [3.63, 3.8) is 0 Å². The Morgan fingerprint density at radius 1 is 0.848 bits per heavy atom. The van der Waals surface area contributed by atoms with E-state index in [0.29, 0.717) is 18.1 Å². The third-order valence-electron chi connectivity index (χ3n) is 5.66. The highest BCUT2D eigenvalue weighted by atomic mass is 35.5. The van der Waals surface area contributed by atoms with Crippen molar-refractivity contribution >= 4 is 40.9 Å². The Bertz CT molecular complexity index is 1130. The zero-order valence-corrected chi connectivity index (χ0v) is 19.3. The van der Waals surface area contributed by atoms with Gasteiger partial charge in [-0.1, -0.05) is 41.4 Å². The van der Waals surface area contributed by atoms with Crippen molar-refractivity contribution < 1.29 is 9.59 Å². The molecule has 168 valence electrons. The summed E-state index contributed by atoms with van der Waals surface area (Å²) >= 11 is 5.88. The molecule has 0 spiro atoms. The topological polar surface area (TPSA) is 52.7 Å². The number of nitrogens with one attached hydrogen (secondary N) is 1. The second kappa shape index (κ2) is 10.4. The monoisotopic (exact) mass is 459 g/mol. The SMILES string of the molecule is Cc1ccc(C(=O)N2CCN(c3ccc(NC(=O)/C=C/c4ccc(Cl)cc4)cc3)CC2)cc1. The molecule has 0 radical (unpaired) electrons. The molecule has 1 aliphatic rings. The van der Waals surface area contributed by atoms with Crippen molar-refractivity contribution in [3.05, 3.63) is 101 Å². The first-order chi connectivity index (χ1) is 16.0. The molecule has 1 heterocycles. The summed E-state index contributed by atoms with van der Waals surface area (Å²) in [5, 5.41) is 3.54. The third-order valence-corrected chi connectivity index (χ3v) is 5.91. The van der Waals surface area contributed by atoms with Gasteiger partial charge in [0.2, 0.25) is 5.91 Å². The Balaban J connectivity index is 1.28. The number of amides is 2. The molecule has 3 aromatic carbocycles. The third kappa shape index (κ3) is 6.02. The molecule has 0 aromatic heterocycles. The molecule has 1 aliphatic heterocycles. The Kier molecular flexibility index (Phi) is 7.10. The number of rotatable bonds is 5. The van der Waals surface area contributed by atoms with Crippen molar-refractivity contribution in [1.29, 1.82) is 0 Å². The van der Waals surface area contributed by atoms with E-state index < -0.39 is 0 Å². The van der Waals surface area contributed by atoms with E-state index in [1.165, 1.54) is 6.08 Å². The Morgan fingerprint density at radius 3 is 2.12 bits per heavy atom. The number of carbonyl (C=O) groups excluding carboxylic acids is 2. The molecule has 3 aromatic rings. The minimum Gasteiger partial charge on any atom is -0.368 e. The molecule has 6 heteroatoms. The molecule has 2 amide bonds. The van der Waals surface area contributed by atoms with Crippen LogP contribution in [0.2, 0.25) is 5.02 Å². The number of anilines is 2. The molecular formula is C27H26ClN3O2. The summed E-state index contributed by atoms with van der Waals surface area (Å²) in [6.45, 7) is 4.92. The standard InChI is InChI=1S/C27H26ClN3O2/c1-20-2-7-22(8-3-20)27(33)31-18-16-30(17-19-31)25-13-11-24(12-14-25)29-26(32)15-6-21-4-9-23(28)10-5-21/h2-15H,16-19H2,1H3,(H,29,32)/b15-6+. The number of benzene rings is 3. The fourth-order valence-electron chi connectivity index (χ4n) is 3.73. The van der Waals surface area contributed by atoms with Gasteiger partial charge in [0.1, 0.15) is 0 Å². The van der Waals surface area contributed by atoms with E-state index in [9.17, 15) is 9.59 Å². The van der Waals surface area contributed by atoms with E-state index in [2.05, 4.69) is 10.2 Å². The summed E-state index contributed by atoms with van der Waals surface area (Å²) in [5.41, 5.74) is 4.60. The molecule has 0 unspecified atom stereocenters. The van der Waals surface area contributed by atoms with Crippen LogP contribution in [-0.2, 0) is 4.79 Å². The second-order valence-corrected chi connectivity index (χ2v) is 8.50. The first-order valence-electron chi connectivity index (χ1n) is 10.9. The molecule has 0 saturated carbocycles. The molecule has 0 atom stereocenters. The van der Waals surface area contributed by atoms with Gasteiger partial charge < -0.3 is 15.1 Å². The van der Waals surface area contributed by atoms with Gasteiger partial charge in [0.25, 0.3) is 5.91 Å². The number of aryl methyl sites for hydroxylation is 1. The van der Waals surface area contributed by atoms with Crippen LogP contribution in [0.1, 0.15) is 21.5 Å². The van der Waals surface area contributed by atoms with Gasteiger partial charge in [-0.15, -0.1) is 0 Å². The maximum Gasteiger partial charge on any atom is 0.253 e. The number of piperazine rings is 1. The van der Waals surface area contributed by atoms with Gasteiger partial charge in [0.15, 0.2) is 0 Å². The number of hydrogen-bond acceptors (Lipinski definition) is 3. The van der Waals surface area contributed by atoms with E-state index >= 15 is 0 Å². The van der Waals surface area contributed by atoms with Crippen LogP contribution in [0.25, 0.3) is 6.08 Å². The van der Waals surface area contributed by atoms with Gasteiger partial charge in [-0.25, -0.2) is 0 Å². The van der Waals surface area contributed by atoms with Crippen LogP contribution in [0.4, 0.5) is 11.4 Å². The van der Waals surface area contributed by atoms with E-state index in [1.807, 2.05) is 72.5 Å². The summed E-state index contributed by atoms with van der Waals surface area (Å²) in [6, 6.07) is 22.8. The van der Waals surface area contributed by atoms with E-state index in [0.717, 1.165) is 41.2 Å². The van der Waals surface area contributed by atoms with Crippen LogP contribution < -0.4 is 10.2 Å². The second-order valence-electron chi connectivity index (χ2n) is 8.07. The fourth-order valence-corrected chi connectivity index (χ4v) is 3.86. The predicted molar refractivity (Wildman–Crippen MR) is 135 cm³/mol. The molecule has 1 fully saturated rings. The molecular weight excluding hydrogens is 434 g/mol. The van der Waals surface area contributed by atoms with Crippen molar-refractivity contribution in [2.45, 2.75) is 6.92 Å². The average molecular weight is 460 g/mol. The predicted octanol–water partition coefficient (Wildman–Crippen LogP) is 5.26. The highest BCUT2D eigenvalue weighted by molar-refractivity contribution is 6.30. The van der Waals surface area contributed by atoms with Crippen LogP contribution in [-0.4, -0.2) is 42.9 Å². The average Bonchev–Trinajstić information content (AvgIpc) is 2.84. The Morgan fingerprint density at radius 2 is 1.48 bits per heavy atom. The summed E-state index contributed by atoms with van der Waals surface area (Å²) in [7, 11) is 0. The van der Waals surface area contributed by atoms with Crippen molar-refractivity contribution in [2.75, 3.05) is 36.4 Å². The zero-order chi connectivity index (χ0) is 23.2. The van der Waals surface area contributed by atoms with Crippen molar-refractivity contribution in [3.8, 4) is 0 Å². The summed E-state index contributed by atoms with van der Waals surface area (Å²) in [4.78, 5) is 29.1. The minimum atomic E-state index is -0.194. The smallest absolute Gasteiger partial charge is 0.253 e. The summed E-state index contributed by atoms with van der Waals surface area (Å²) < 4.78 is 0. The fraction of sp³-hybridized carbons (Fsp3) is 0.185. The van der Waals surface area contributed by atoms with E-state index in [-0.39, 0.29) is 11.8 Å². The molecule has 0 bridgehead atoms. The number of hydrogen-bond donors (Lipinski definition) is 1. The molecule has 33 heavy (non-hydrogen) atoms. The van der Waals surface area contributed by atoms with E-state index in [4.69, 9.17) is 11.6 Å². The minimum absolute atomic E-state index is 0.0827. The normalized spacial score (nSPS) is 13.9. The lowest BCUT2D eigenvalue weighted by atomic mass is 10.1.